The van der Waals surface area contributed by atoms with Gasteiger partial charge in [0.2, 0.25) is 0 Å². The minimum atomic E-state index is -0.431. The van der Waals surface area contributed by atoms with Crippen LogP contribution >= 0.6 is 0 Å². The summed E-state index contributed by atoms with van der Waals surface area (Å²) < 4.78 is 5.46. The average molecular weight is 368 g/mol. The van der Waals surface area contributed by atoms with Gasteiger partial charge in [-0.1, -0.05) is 36.4 Å². The van der Waals surface area contributed by atoms with Crippen molar-refractivity contribution in [3.63, 3.8) is 0 Å². The maximum Gasteiger partial charge on any atom is 0.266 e. The van der Waals surface area contributed by atoms with E-state index in [-0.39, 0.29) is 5.57 Å². The topological polar surface area (TPSA) is 62.1 Å². The predicted molar refractivity (Wildman–Crippen MR) is 111 cm³/mol. The van der Waals surface area contributed by atoms with Crippen molar-refractivity contribution in [1.29, 1.82) is 5.26 Å². The van der Waals surface area contributed by atoms with E-state index >= 15 is 0 Å². The Hall–Kier alpha value is -3.58. The van der Waals surface area contributed by atoms with Crippen LogP contribution in [0.25, 0.3) is 16.8 Å². The van der Waals surface area contributed by atoms with E-state index in [1.54, 1.807) is 24.3 Å². The second-order valence-corrected chi connectivity index (χ2v) is 6.74. The van der Waals surface area contributed by atoms with E-state index in [9.17, 15) is 10.1 Å². The lowest BCUT2D eigenvalue weighted by Gasteiger charge is -2.09. The van der Waals surface area contributed by atoms with Crippen LogP contribution in [0.4, 0.5) is 5.69 Å². The molecule has 0 fully saturated rings. The fraction of sp³-hybridized carbons (Fsp3) is 0.167. The van der Waals surface area contributed by atoms with Crippen molar-refractivity contribution < 1.29 is 9.53 Å². The number of hydrogen-bond acceptors (Lipinski definition) is 3. The predicted octanol–water partition coefficient (Wildman–Crippen LogP) is 4.88. The van der Waals surface area contributed by atoms with Crippen LogP contribution in [0, 0.1) is 11.3 Å². The van der Waals surface area contributed by atoms with Crippen molar-refractivity contribution in [1.82, 2.24) is 0 Å². The third kappa shape index (κ3) is 3.35. The van der Waals surface area contributed by atoms with Crippen molar-refractivity contribution in [3.05, 3.63) is 76.9 Å². The van der Waals surface area contributed by atoms with Crippen LogP contribution < -0.4 is 10.1 Å². The summed E-state index contributed by atoms with van der Waals surface area (Å²) in [6.07, 6.45) is 3.76. The molecule has 0 aliphatic heterocycles. The van der Waals surface area contributed by atoms with Gasteiger partial charge in [-0.05, 0) is 65.4 Å². The van der Waals surface area contributed by atoms with Crippen LogP contribution in [-0.4, -0.2) is 12.5 Å². The highest BCUT2D eigenvalue weighted by atomic mass is 16.5. The highest BCUT2D eigenvalue weighted by Gasteiger charge is 2.16. The Kier molecular flexibility index (Phi) is 4.82. The van der Waals surface area contributed by atoms with Gasteiger partial charge in [-0.25, -0.2) is 0 Å². The molecule has 0 bridgehead atoms. The minimum Gasteiger partial charge on any atom is -0.494 e. The third-order valence-corrected chi connectivity index (χ3v) is 4.98. The SMILES string of the molecule is CCOc1cccc(NC(=O)/C(C#N)=C/c2ccc3c4c(cccc24)CC3)c1. The maximum atomic E-state index is 12.7. The zero-order chi connectivity index (χ0) is 19.5. The summed E-state index contributed by atoms with van der Waals surface area (Å²) >= 11 is 0. The molecule has 1 aliphatic rings. The van der Waals surface area contributed by atoms with E-state index in [1.807, 2.05) is 31.2 Å². The Morgan fingerprint density at radius 1 is 1.14 bits per heavy atom. The molecule has 0 heterocycles. The van der Waals surface area contributed by atoms with Crippen LogP contribution in [0.2, 0.25) is 0 Å². The van der Waals surface area contributed by atoms with Gasteiger partial charge in [0, 0.05) is 11.8 Å². The molecular weight excluding hydrogens is 348 g/mol. The largest absolute Gasteiger partial charge is 0.494 e. The van der Waals surface area contributed by atoms with E-state index in [0.717, 1.165) is 23.8 Å². The Labute approximate surface area is 164 Å². The van der Waals surface area contributed by atoms with Crippen LogP contribution in [0.5, 0.6) is 5.75 Å². The highest BCUT2D eigenvalue weighted by Crippen LogP contribution is 2.33. The van der Waals surface area contributed by atoms with Crippen LogP contribution in [0.1, 0.15) is 23.6 Å². The summed E-state index contributed by atoms with van der Waals surface area (Å²) in [5.41, 5.74) is 4.21. The van der Waals surface area contributed by atoms with Gasteiger partial charge in [0.1, 0.15) is 17.4 Å². The van der Waals surface area contributed by atoms with Gasteiger partial charge in [0.25, 0.3) is 5.91 Å². The molecule has 0 unspecified atom stereocenters. The van der Waals surface area contributed by atoms with E-state index in [0.29, 0.717) is 18.0 Å². The number of rotatable bonds is 5. The van der Waals surface area contributed by atoms with E-state index in [4.69, 9.17) is 4.74 Å². The first-order chi connectivity index (χ1) is 13.7. The fourth-order valence-corrected chi connectivity index (χ4v) is 3.73. The molecule has 0 radical (unpaired) electrons. The van der Waals surface area contributed by atoms with E-state index < -0.39 is 5.91 Å². The summed E-state index contributed by atoms with van der Waals surface area (Å²) in [6, 6.07) is 19.5. The normalized spacial score (nSPS) is 12.6. The van der Waals surface area contributed by atoms with Gasteiger partial charge < -0.3 is 10.1 Å². The number of nitrogens with one attached hydrogen (secondary N) is 1. The summed E-state index contributed by atoms with van der Waals surface area (Å²) in [5.74, 6) is 0.245. The number of amides is 1. The van der Waals surface area contributed by atoms with Crippen molar-refractivity contribution in [2.45, 2.75) is 19.8 Å². The summed E-state index contributed by atoms with van der Waals surface area (Å²) in [4.78, 5) is 12.7. The van der Waals surface area contributed by atoms with Crippen LogP contribution in [0.3, 0.4) is 0 Å². The number of anilines is 1. The molecule has 3 aromatic carbocycles. The molecule has 3 aromatic rings. The number of ether oxygens (including phenoxy) is 1. The summed E-state index contributed by atoms with van der Waals surface area (Å²) in [7, 11) is 0. The van der Waals surface area contributed by atoms with Gasteiger partial charge in [-0.15, -0.1) is 0 Å². The first-order valence-electron chi connectivity index (χ1n) is 9.39. The van der Waals surface area contributed by atoms with Gasteiger partial charge in [-0.2, -0.15) is 5.26 Å². The first-order valence-corrected chi connectivity index (χ1v) is 9.39. The van der Waals surface area contributed by atoms with Crippen molar-refractivity contribution in [2.24, 2.45) is 0 Å². The molecule has 28 heavy (non-hydrogen) atoms. The van der Waals surface area contributed by atoms with Gasteiger partial charge >= 0.3 is 0 Å². The third-order valence-electron chi connectivity index (χ3n) is 4.98. The number of nitriles is 1. The average Bonchev–Trinajstić information content (AvgIpc) is 3.13. The number of nitrogens with zero attached hydrogens (tertiary/aromatic N) is 1. The number of hydrogen-bond donors (Lipinski definition) is 1. The Morgan fingerprint density at radius 3 is 2.71 bits per heavy atom. The van der Waals surface area contributed by atoms with Crippen molar-refractivity contribution >= 4 is 28.4 Å². The monoisotopic (exact) mass is 368 g/mol. The van der Waals surface area contributed by atoms with Crippen LogP contribution in [0.15, 0.2) is 60.2 Å². The molecule has 1 aliphatic carbocycles. The molecule has 4 heteroatoms. The first kappa shape index (κ1) is 17.8. The van der Waals surface area contributed by atoms with Crippen molar-refractivity contribution in [3.8, 4) is 11.8 Å². The Balaban J connectivity index is 1.65. The van der Waals surface area contributed by atoms with E-state index in [1.165, 1.54) is 16.5 Å². The Morgan fingerprint density at radius 2 is 1.93 bits per heavy atom. The number of carbonyl (C=O) groups excluding carboxylic acids is 1. The fourth-order valence-electron chi connectivity index (χ4n) is 3.73. The van der Waals surface area contributed by atoms with Crippen molar-refractivity contribution in [2.75, 3.05) is 11.9 Å². The molecule has 0 saturated carbocycles. The second-order valence-electron chi connectivity index (χ2n) is 6.74. The minimum absolute atomic E-state index is 0.0699. The number of carbonyl (C=O) groups is 1. The van der Waals surface area contributed by atoms with Gasteiger partial charge in [0.15, 0.2) is 0 Å². The molecule has 0 spiro atoms. The summed E-state index contributed by atoms with van der Waals surface area (Å²) in [6.45, 7) is 2.45. The molecule has 0 atom stereocenters. The maximum absolute atomic E-state index is 12.7. The Bertz CT molecular complexity index is 1130. The molecule has 0 aromatic heterocycles. The van der Waals surface area contributed by atoms with Crippen LogP contribution in [-0.2, 0) is 17.6 Å². The molecule has 0 saturated heterocycles. The number of aryl methyl sites for hydroxylation is 2. The molecular formula is C24H20N2O2. The van der Waals surface area contributed by atoms with Gasteiger partial charge in [-0.3, -0.25) is 4.79 Å². The van der Waals surface area contributed by atoms with Gasteiger partial charge in [0.05, 0.1) is 6.61 Å². The zero-order valence-electron chi connectivity index (χ0n) is 15.7. The lowest BCUT2D eigenvalue weighted by molar-refractivity contribution is -0.112. The molecule has 1 N–H and O–H groups in total. The highest BCUT2D eigenvalue weighted by molar-refractivity contribution is 6.11. The molecule has 4 rings (SSSR count). The second kappa shape index (κ2) is 7.58. The molecule has 4 nitrogen and oxygen atoms in total. The molecule has 138 valence electrons. The summed E-state index contributed by atoms with van der Waals surface area (Å²) in [5, 5.41) is 14.7. The standard InChI is InChI=1S/C24H20N2O2/c1-2-28-21-7-4-6-20(14-21)26-24(27)19(15-25)13-18-12-11-17-10-9-16-5-3-8-22(18)23(16)17/h3-8,11-14H,2,9-10H2,1H3,(H,26,27)/b19-13+. The number of benzene rings is 3. The van der Waals surface area contributed by atoms with E-state index in [2.05, 4.69) is 23.5 Å². The lowest BCUT2D eigenvalue weighted by Crippen LogP contribution is -2.13. The zero-order valence-corrected chi connectivity index (χ0v) is 15.7. The lowest BCUT2D eigenvalue weighted by atomic mass is 9.98. The smallest absolute Gasteiger partial charge is 0.266 e. The quantitative estimate of drug-likeness (QED) is 0.515. The molecule has 1 amide bonds.